The van der Waals surface area contributed by atoms with Crippen molar-refractivity contribution in [2.24, 2.45) is 5.92 Å². The molecule has 0 bridgehead atoms. The van der Waals surface area contributed by atoms with Gasteiger partial charge in [-0.25, -0.2) is 12.8 Å². The van der Waals surface area contributed by atoms with Crippen molar-refractivity contribution in [3.63, 3.8) is 0 Å². The summed E-state index contributed by atoms with van der Waals surface area (Å²) in [5.74, 6) is -1.95. The molecule has 5 nitrogen and oxygen atoms in total. The van der Waals surface area contributed by atoms with Gasteiger partial charge in [-0.1, -0.05) is 6.08 Å². The number of carboxylic acid groups (broad SMARTS) is 1. The Hall–Kier alpha value is -1.73. The smallest absolute Gasteiger partial charge is 0.322 e. The van der Waals surface area contributed by atoms with Crippen LogP contribution >= 0.6 is 0 Å². The molecule has 0 saturated carbocycles. The first-order valence-corrected chi connectivity index (χ1v) is 7.43. The van der Waals surface area contributed by atoms with Gasteiger partial charge in [0.15, 0.2) is 0 Å². The van der Waals surface area contributed by atoms with Crippen molar-refractivity contribution in [1.82, 2.24) is 4.31 Å². The van der Waals surface area contributed by atoms with Crippen LogP contribution in [-0.4, -0.2) is 36.4 Å². The number of sulfonamides is 1. The molecular weight excluding hydrogens is 285 g/mol. The molecule has 1 heterocycles. The maximum absolute atomic E-state index is 12.9. The zero-order valence-corrected chi connectivity index (χ0v) is 11.4. The van der Waals surface area contributed by atoms with E-state index in [1.165, 1.54) is 0 Å². The number of rotatable bonds is 4. The first-order valence-electron chi connectivity index (χ1n) is 5.99. The Labute approximate surface area is 116 Å². The number of benzene rings is 1. The second-order valence-electron chi connectivity index (χ2n) is 4.61. The van der Waals surface area contributed by atoms with E-state index in [4.69, 9.17) is 5.11 Å². The summed E-state index contributed by atoms with van der Waals surface area (Å²) >= 11 is 0. The second-order valence-corrected chi connectivity index (χ2v) is 6.50. The molecule has 1 aliphatic rings. The van der Waals surface area contributed by atoms with Gasteiger partial charge in [-0.15, -0.1) is 6.58 Å². The van der Waals surface area contributed by atoms with Crippen LogP contribution in [0, 0.1) is 11.7 Å². The minimum atomic E-state index is -3.95. The quantitative estimate of drug-likeness (QED) is 0.854. The van der Waals surface area contributed by atoms with E-state index in [0.29, 0.717) is 0 Å². The topological polar surface area (TPSA) is 74.7 Å². The molecule has 108 valence electrons. The van der Waals surface area contributed by atoms with Gasteiger partial charge >= 0.3 is 5.97 Å². The highest BCUT2D eigenvalue weighted by Gasteiger charge is 2.43. The lowest BCUT2D eigenvalue weighted by atomic mass is 10.1. The van der Waals surface area contributed by atoms with Gasteiger partial charge in [-0.3, -0.25) is 4.79 Å². The molecular formula is C13H14FNO4S. The van der Waals surface area contributed by atoms with Crippen molar-refractivity contribution in [1.29, 1.82) is 0 Å². The van der Waals surface area contributed by atoms with Crippen molar-refractivity contribution in [3.8, 4) is 0 Å². The van der Waals surface area contributed by atoms with Gasteiger partial charge in [-0.2, -0.15) is 4.31 Å². The number of nitrogens with zero attached hydrogens (tertiary/aromatic N) is 1. The van der Waals surface area contributed by atoms with Crippen molar-refractivity contribution in [2.45, 2.75) is 17.4 Å². The lowest BCUT2D eigenvalue weighted by Gasteiger charge is -2.20. The van der Waals surface area contributed by atoms with Crippen LogP contribution in [-0.2, 0) is 14.8 Å². The van der Waals surface area contributed by atoms with E-state index in [9.17, 15) is 17.6 Å². The van der Waals surface area contributed by atoms with Crippen molar-refractivity contribution in [2.75, 3.05) is 6.54 Å². The van der Waals surface area contributed by atoms with Gasteiger partial charge < -0.3 is 5.11 Å². The molecule has 1 aromatic rings. The molecule has 0 radical (unpaired) electrons. The second kappa shape index (κ2) is 5.34. The summed E-state index contributed by atoms with van der Waals surface area (Å²) in [7, 11) is -3.95. The number of hydrogen-bond acceptors (Lipinski definition) is 3. The summed E-state index contributed by atoms with van der Waals surface area (Å²) in [4.78, 5) is 11.1. The van der Waals surface area contributed by atoms with Crippen LogP contribution in [0.3, 0.4) is 0 Å². The molecule has 1 fully saturated rings. The van der Waals surface area contributed by atoms with Crippen molar-refractivity contribution in [3.05, 3.63) is 42.7 Å². The highest BCUT2D eigenvalue weighted by Crippen LogP contribution is 2.30. The summed E-state index contributed by atoms with van der Waals surface area (Å²) in [5.41, 5.74) is 0. The van der Waals surface area contributed by atoms with Gasteiger partial charge in [0.25, 0.3) is 0 Å². The number of carbonyl (C=O) groups is 1. The standard InChI is InChI=1S/C13H14FNO4S/c1-2-9-7-12(13(16)17)15(8-9)20(18,19)11-5-3-10(14)4-6-11/h2-6,9,12H,1,7-8H2,(H,16,17). The average Bonchev–Trinajstić information content (AvgIpc) is 2.84. The monoisotopic (exact) mass is 299 g/mol. The van der Waals surface area contributed by atoms with E-state index < -0.39 is 27.9 Å². The molecule has 7 heteroatoms. The molecule has 1 saturated heterocycles. The van der Waals surface area contributed by atoms with Crippen LogP contribution in [0.4, 0.5) is 4.39 Å². The highest BCUT2D eigenvalue weighted by molar-refractivity contribution is 7.89. The van der Waals surface area contributed by atoms with E-state index in [0.717, 1.165) is 28.6 Å². The molecule has 2 atom stereocenters. The van der Waals surface area contributed by atoms with E-state index in [2.05, 4.69) is 6.58 Å². The van der Waals surface area contributed by atoms with E-state index in [1.807, 2.05) is 0 Å². The summed E-state index contributed by atoms with van der Waals surface area (Å²) < 4.78 is 38.7. The van der Waals surface area contributed by atoms with Crippen LogP contribution in [0.1, 0.15) is 6.42 Å². The van der Waals surface area contributed by atoms with Crippen molar-refractivity contribution < 1.29 is 22.7 Å². The van der Waals surface area contributed by atoms with Gasteiger partial charge in [-0.05, 0) is 36.6 Å². The Bertz CT molecular complexity index is 626. The van der Waals surface area contributed by atoms with Crippen LogP contribution in [0.15, 0.2) is 41.8 Å². The Morgan fingerprint density at radius 1 is 1.40 bits per heavy atom. The SMILES string of the molecule is C=CC1CC(C(=O)O)N(S(=O)(=O)c2ccc(F)cc2)C1. The van der Waals surface area contributed by atoms with Crippen LogP contribution in [0.25, 0.3) is 0 Å². The highest BCUT2D eigenvalue weighted by atomic mass is 32.2. The third-order valence-corrected chi connectivity index (χ3v) is 5.22. The lowest BCUT2D eigenvalue weighted by molar-refractivity contribution is -0.140. The van der Waals surface area contributed by atoms with Gasteiger partial charge in [0, 0.05) is 6.54 Å². The van der Waals surface area contributed by atoms with Crippen LogP contribution < -0.4 is 0 Å². The lowest BCUT2D eigenvalue weighted by Crippen LogP contribution is -2.40. The number of halogens is 1. The van der Waals surface area contributed by atoms with Crippen molar-refractivity contribution >= 4 is 16.0 Å². The molecule has 1 aromatic carbocycles. The molecule has 1 aliphatic heterocycles. The largest absolute Gasteiger partial charge is 0.480 e. The summed E-state index contributed by atoms with van der Waals surface area (Å²) in [6.07, 6.45) is 1.75. The van der Waals surface area contributed by atoms with E-state index in [1.54, 1.807) is 6.08 Å². The van der Waals surface area contributed by atoms with E-state index >= 15 is 0 Å². The van der Waals surface area contributed by atoms with Crippen LogP contribution in [0.5, 0.6) is 0 Å². The van der Waals surface area contributed by atoms with Crippen LogP contribution in [0.2, 0.25) is 0 Å². The molecule has 0 spiro atoms. The number of aliphatic carboxylic acids is 1. The maximum atomic E-state index is 12.9. The molecule has 0 amide bonds. The minimum absolute atomic E-state index is 0.0696. The zero-order valence-electron chi connectivity index (χ0n) is 10.6. The summed E-state index contributed by atoms with van der Waals surface area (Å²) in [6, 6.07) is 3.20. The predicted molar refractivity (Wildman–Crippen MR) is 70.0 cm³/mol. The maximum Gasteiger partial charge on any atom is 0.322 e. The molecule has 2 unspecified atom stereocenters. The third-order valence-electron chi connectivity index (χ3n) is 3.33. The number of hydrogen-bond donors (Lipinski definition) is 1. The fourth-order valence-corrected chi connectivity index (χ4v) is 3.89. The first-order chi connectivity index (χ1) is 9.36. The fourth-order valence-electron chi connectivity index (χ4n) is 2.24. The van der Waals surface area contributed by atoms with Gasteiger partial charge in [0.2, 0.25) is 10.0 Å². The van der Waals surface area contributed by atoms with E-state index in [-0.39, 0.29) is 23.8 Å². The Morgan fingerprint density at radius 2 is 2.00 bits per heavy atom. The first kappa shape index (κ1) is 14.7. The molecule has 0 aliphatic carbocycles. The predicted octanol–water partition coefficient (Wildman–Crippen LogP) is 1.48. The van der Waals surface area contributed by atoms with Gasteiger partial charge in [0.1, 0.15) is 11.9 Å². The fraction of sp³-hybridized carbons (Fsp3) is 0.308. The summed E-state index contributed by atoms with van der Waals surface area (Å²) in [5, 5.41) is 9.15. The Balaban J connectivity index is 2.39. The third kappa shape index (κ3) is 2.59. The Kier molecular flexibility index (Phi) is 3.92. The average molecular weight is 299 g/mol. The zero-order chi connectivity index (χ0) is 14.9. The molecule has 1 N–H and O–H groups in total. The normalized spacial score (nSPS) is 23.6. The number of carboxylic acids is 1. The Morgan fingerprint density at radius 3 is 2.50 bits per heavy atom. The molecule has 20 heavy (non-hydrogen) atoms. The minimum Gasteiger partial charge on any atom is -0.480 e. The molecule has 2 rings (SSSR count). The summed E-state index contributed by atoms with van der Waals surface area (Å²) in [6.45, 7) is 3.64. The molecule has 0 aromatic heterocycles. The van der Waals surface area contributed by atoms with Gasteiger partial charge in [0.05, 0.1) is 4.90 Å².